The van der Waals surface area contributed by atoms with E-state index in [4.69, 9.17) is 0 Å². The Balaban J connectivity index is 1.93. The number of aromatic nitrogens is 2. The largest absolute Gasteiger partial charge is 0.378 e. The lowest BCUT2D eigenvalue weighted by molar-refractivity contribution is 1.13. The van der Waals surface area contributed by atoms with Gasteiger partial charge in [-0.05, 0) is 48.4 Å². The number of rotatable bonds is 2. The summed E-state index contributed by atoms with van der Waals surface area (Å²) in [5.41, 5.74) is 4.96. The van der Waals surface area contributed by atoms with E-state index in [1.54, 1.807) is 12.1 Å². The van der Waals surface area contributed by atoms with E-state index in [9.17, 15) is 9.59 Å². The Morgan fingerprint density at radius 2 is 1.41 bits per heavy atom. The molecule has 0 aliphatic rings. The van der Waals surface area contributed by atoms with Gasteiger partial charge in [0.25, 0.3) is 0 Å². The maximum atomic E-state index is 13.2. The number of aromatic amines is 2. The number of para-hydroxylation sites is 1. The van der Waals surface area contributed by atoms with Crippen LogP contribution in [0.5, 0.6) is 0 Å². The maximum absolute atomic E-state index is 13.2. The van der Waals surface area contributed by atoms with Gasteiger partial charge in [-0.3, -0.25) is 9.59 Å². The summed E-state index contributed by atoms with van der Waals surface area (Å²) in [6, 6.07) is 15.2. The number of aryl methyl sites for hydroxylation is 1. The summed E-state index contributed by atoms with van der Waals surface area (Å²) in [6.45, 7) is 2.07. The molecule has 0 saturated carbocycles. The lowest BCUT2D eigenvalue weighted by Crippen LogP contribution is -2.11. The van der Waals surface area contributed by atoms with E-state index >= 15 is 0 Å². The molecule has 29 heavy (non-hydrogen) atoms. The minimum Gasteiger partial charge on any atom is -0.378 e. The monoisotopic (exact) mass is 383 g/mol. The van der Waals surface area contributed by atoms with E-state index < -0.39 is 0 Å². The van der Waals surface area contributed by atoms with Crippen LogP contribution < -0.4 is 15.8 Å². The first-order valence-corrected chi connectivity index (χ1v) is 9.72. The molecule has 0 aliphatic carbocycles. The van der Waals surface area contributed by atoms with Crippen molar-refractivity contribution in [2.24, 2.45) is 0 Å². The fourth-order valence-corrected chi connectivity index (χ4v) is 4.09. The summed E-state index contributed by atoms with van der Waals surface area (Å²) in [7, 11) is 3.90. The zero-order chi connectivity index (χ0) is 20.3. The molecule has 0 aliphatic heterocycles. The molecule has 5 nitrogen and oxygen atoms in total. The summed E-state index contributed by atoms with van der Waals surface area (Å²) in [5, 5.41) is 2.47. The minimum atomic E-state index is -0.0379. The summed E-state index contributed by atoms with van der Waals surface area (Å²) in [5.74, 6) is 0. The van der Waals surface area contributed by atoms with Gasteiger partial charge in [0.05, 0.1) is 16.6 Å². The second kappa shape index (κ2) is 6.21. The normalized spacial score (nSPS) is 11.7. The van der Waals surface area contributed by atoms with Crippen molar-refractivity contribution in [1.29, 1.82) is 0 Å². The second-order valence-corrected chi connectivity index (χ2v) is 7.67. The number of fused-ring (bicyclic) bond motifs is 4. The predicted octanol–water partition coefficient (Wildman–Crippen LogP) is 4.30. The van der Waals surface area contributed by atoms with Gasteiger partial charge in [0.15, 0.2) is 10.9 Å². The van der Waals surface area contributed by atoms with Crippen LogP contribution in [0.25, 0.3) is 43.6 Å². The van der Waals surface area contributed by atoms with Gasteiger partial charge in [0.1, 0.15) is 0 Å². The molecule has 0 atom stereocenters. The number of hydrogen-bond donors (Lipinski definition) is 2. The van der Waals surface area contributed by atoms with Crippen molar-refractivity contribution < 1.29 is 0 Å². The summed E-state index contributed by atoms with van der Waals surface area (Å²) >= 11 is 0. The molecule has 5 heteroatoms. The standard InChI is InChI=1S/C24H21N3O2/c1-4-13-6-5-7-15-22(13)26-21-12-17-20(11-18(21)23(15)28)25-19-9-8-14(27(2)3)10-16(19)24(17)29/h5-12H,4H2,1-3H3,(H,25,29)(H,26,28). The van der Waals surface area contributed by atoms with Crippen LogP contribution in [0.15, 0.2) is 58.1 Å². The van der Waals surface area contributed by atoms with Crippen LogP contribution in [-0.4, -0.2) is 24.1 Å². The topological polar surface area (TPSA) is 69.0 Å². The molecular formula is C24H21N3O2. The van der Waals surface area contributed by atoms with Gasteiger partial charge in [-0.15, -0.1) is 0 Å². The first kappa shape index (κ1) is 17.5. The van der Waals surface area contributed by atoms with Crippen molar-refractivity contribution in [1.82, 2.24) is 9.97 Å². The summed E-state index contributed by atoms with van der Waals surface area (Å²) < 4.78 is 0. The smallest absolute Gasteiger partial charge is 0.197 e. The molecule has 5 rings (SSSR count). The molecule has 0 amide bonds. The highest BCUT2D eigenvalue weighted by Crippen LogP contribution is 2.24. The number of benzene rings is 3. The molecule has 0 fully saturated rings. The van der Waals surface area contributed by atoms with Gasteiger partial charge in [0, 0.05) is 46.8 Å². The van der Waals surface area contributed by atoms with Crippen molar-refractivity contribution in [3.63, 3.8) is 0 Å². The Hall–Kier alpha value is -3.60. The number of hydrogen-bond acceptors (Lipinski definition) is 3. The van der Waals surface area contributed by atoms with E-state index in [0.29, 0.717) is 32.6 Å². The number of H-pyrrole nitrogens is 2. The highest BCUT2D eigenvalue weighted by atomic mass is 16.1. The Morgan fingerprint density at radius 1 is 0.759 bits per heavy atom. The highest BCUT2D eigenvalue weighted by Gasteiger charge is 2.12. The number of pyridine rings is 2. The molecule has 2 aromatic heterocycles. The molecule has 2 heterocycles. The SMILES string of the molecule is CCc1cccc2c(=O)c3cc4[nH]c5ccc(N(C)C)cc5c(=O)c4cc3[nH]c12. The van der Waals surface area contributed by atoms with Crippen LogP contribution in [0.2, 0.25) is 0 Å². The molecule has 0 spiro atoms. The highest BCUT2D eigenvalue weighted by molar-refractivity contribution is 6.03. The fourth-order valence-electron chi connectivity index (χ4n) is 4.09. The third-order valence-corrected chi connectivity index (χ3v) is 5.72. The lowest BCUT2D eigenvalue weighted by atomic mass is 10.0. The van der Waals surface area contributed by atoms with Gasteiger partial charge >= 0.3 is 0 Å². The minimum absolute atomic E-state index is 0.0187. The van der Waals surface area contributed by atoms with Crippen LogP contribution in [0, 0.1) is 0 Å². The lowest BCUT2D eigenvalue weighted by Gasteiger charge is -2.13. The van der Waals surface area contributed by atoms with Crippen molar-refractivity contribution >= 4 is 49.3 Å². The third-order valence-electron chi connectivity index (χ3n) is 5.72. The van der Waals surface area contributed by atoms with Gasteiger partial charge < -0.3 is 14.9 Å². The summed E-state index contributed by atoms with van der Waals surface area (Å²) in [4.78, 5) is 35.1. The number of nitrogens with one attached hydrogen (secondary N) is 2. The molecule has 5 aromatic rings. The third kappa shape index (κ3) is 2.54. The van der Waals surface area contributed by atoms with Gasteiger partial charge in [-0.25, -0.2) is 0 Å². The van der Waals surface area contributed by atoms with Crippen LogP contribution in [0.3, 0.4) is 0 Å². The van der Waals surface area contributed by atoms with Gasteiger partial charge in [0.2, 0.25) is 0 Å². The molecule has 3 aromatic carbocycles. The van der Waals surface area contributed by atoms with E-state index in [1.165, 1.54) is 0 Å². The van der Waals surface area contributed by atoms with E-state index in [1.807, 2.05) is 55.4 Å². The van der Waals surface area contributed by atoms with Crippen molar-refractivity contribution in [3.8, 4) is 0 Å². The van der Waals surface area contributed by atoms with E-state index in [2.05, 4.69) is 16.9 Å². The van der Waals surface area contributed by atoms with Gasteiger partial charge in [-0.2, -0.15) is 0 Å². The maximum Gasteiger partial charge on any atom is 0.197 e. The average Bonchev–Trinajstić information content (AvgIpc) is 2.73. The summed E-state index contributed by atoms with van der Waals surface area (Å²) in [6.07, 6.45) is 0.824. The Bertz CT molecular complexity index is 1560. The first-order chi connectivity index (χ1) is 14.0. The van der Waals surface area contributed by atoms with Crippen molar-refractivity contribution in [3.05, 3.63) is 74.5 Å². The number of anilines is 1. The van der Waals surface area contributed by atoms with Crippen molar-refractivity contribution in [2.75, 3.05) is 19.0 Å². The molecule has 0 saturated heterocycles. The Morgan fingerprint density at radius 3 is 2.10 bits per heavy atom. The average molecular weight is 383 g/mol. The van der Waals surface area contributed by atoms with Crippen LogP contribution in [0.4, 0.5) is 5.69 Å². The molecule has 0 bridgehead atoms. The molecule has 2 N–H and O–H groups in total. The van der Waals surface area contributed by atoms with Crippen LogP contribution in [-0.2, 0) is 6.42 Å². The zero-order valence-corrected chi connectivity index (χ0v) is 16.6. The van der Waals surface area contributed by atoms with Crippen molar-refractivity contribution in [2.45, 2.75) is 13.3 Å². The van der Waals surface area contributed by atoms with Crippen LogP contribution >= 0.6 is 0 Å². The zero-order valence-electron chi connectivity index (χ0n) is 16.6. The van der Waals surface area contributed by atoms with Gasteiger partial charge in [-0.1, -0.05) is 19.1 Å². The quantitative estimate of drug-likeness (QED) is 0.447. The fraction of sp³-hybridized carbons (Fsp3) is 0.167. The Labute approximate surface area is 166 Å². The molecular weight excluding hydrogens is 362 g/mol. The second-order valence-electron chi connectivity index (χ2n) is 7.67. The molecule has 0 radical (unpaired) electrons. The van der Waals surface area contributed by atoms with E-state index in [0.717, 1.165) is 28.7 Å². The predicted molar refractivity (Wildman–Crippen MR) is 121 cm³/mol. The molecule has 144 valence electrons. The molecule has 0 unspecified atom stereocenters. The first-order valence-electron chi connectivity index (χ1n) is 9.72. The number of nitrogens with zero attached hydrogens (tertiary/aromatic N) is 1. The van der Waals surface area contributed by atoms with E-state index in [-0.39, 0.29) is 10.9 Å². The Kier molecular flexibility index (Phi) is 3.74. The van der Waals surface area contributed by atoms with Crippen LogP contribution in [0.1, 0.15) is 12.5 Å².